The highest BCUT2D eigenvalue weighted by atomic mass is 28.4. The molecule has 0 spiro atoms. The summed E-state index contributed by atoms with van der Waals surface area (Å²) in [6.07, 6.45) is -6.34. The van der Waals surface area contributed by atoms with Gasteiger partial charge in [-0.25, -0.2) is 4.79 Å². The van der Waals surface area contributed by atoms with Crippen LogP contribution in [0, 0.1) is 5.92 Å². The standard InChI is InChI=1S/C23H33F3N2O5Si/c1-4-34(5-2,6-3)33-15-19-20(17-13-32-14-18(17)28(19)22(30)31)27(21(29)23(24,25)26)12-16-10-8-7-9-11-16/h7-11,17-20H,4-6,12-15H2,1-3H3,(H,30,31)/t17-,18+,19-,20-/m0/s1. The molecule has 7 nitrogen and oxygen atoms in total. The zero-order valence-electron chi connectivity index (χ0n) is 19.8. The highest BCUT2D eigenvalue weighted by Gasteiger charge is 2.59. The lowest BCUT2D eigenvalue weighted by atomic mass is 9.94. The molecular formula is C23H33F3N2O5Si. The van der Waals surface area contributed by atoms with Gasteiger partial charge in [0.1, 0.15) is 0 Å². The highest BCUT2D eigenvalue weighted by Crippen LogP contribution is 2.40. The van der Waals surface area contributed by atoms with E-state index in [1.54, 1.807) is 30.3 Å². The molecule has 0 saturated carbocycles. The van der Waals surface area contributed by atoms with E-state index in [1.165, 1.54) is 4.90 Å². The molecule has 4 atom stereocenters. The average molecular weight is 503 g/mol. The third kappa shape index (κ3) is 5.26. The molecule has 1 aromatic carbocycles. The summed E-state index contributed by atoms with van der Waals surface area (Å²) in [4.78, 5) is 26.9. The van der Waals surface area contributed by atoms with Crippen LogP contribution in [-0.4, -0.2) is 79.3 Å². The number of ether oxygens (including phenoxy) is 1. The zero-order chi connectivity index (χ0) is 25.1. The Morgan fingerprint density at radius 2 is 1.76 bits per heavy atom. The van der Waals surface area contributed by atoms with Crippen molar-refractivity contribution in [3.63, 3.8) is 0 Å². The summed E-state index contributed by atoms with van der Waals surface area (Å²) < 4.78 is 53.1. The molecular weight excluding hydrogens is 469 g/mol. The van der Waals surface area contributed by atoms with Crippen molar-refractivity contribution < 1.29 is 37.0 Å². The molecule has 2 aliphatic rings. The predicted octanol–water partition coefficient (Wildman–Crippen LogP) is 4.35. The quantitative estimate of drug-likeness (QED) is 0.508. The SMILES string of the molecule is CC[Si](CC)(CC)OC[C@H]1[C@@H](N(Cc2ccccc2)C(=O)C(F)(F)F)[C@H]2COC[C@H]2N1C(=O)O. The van der Waals surface area contributed by atoms with E-state index in [4.69, 9.17) is 9.16 Å². The van der Waals surface area contributed by atoms with Gasteiger partial charge in [0.05, 0.1) is 37.9 Å². The number of carbonyl (C=O) groups is 2. The number of carbonyl (C=O) groups excluding carboxylic acids is 1. The number of nitrogens with zero attached hydrogens (tertiary/aromatic N) is 2. The number of rotatable bonds is 9. The van der Waals surface area contributed by atoms with Crippen LogP contribution in [0.1, 0.15) is 26.3 Å². The van der Waals surface area contributed by atoms with Crippen molar-refractivity contribution in [1.82, 2.24) is 9.80 Å². The third-order valence-corrected chi connectivity index (χ3v) is 12.1. The van der Waals surface area contributed by atoms with Crippen LogP contribution in [0.3, 0.4) is 0 Å². The Morgan fingerprint density at radius 1 is 1.15 bits per heavy atom. The second-order valence-corrected chi connectivity index (χ2v) is 13.8. The Balaban J connectivity index is 2.03. The predicted molar refractivity (Wildman–Crippen MR) is 122 cm³/mol. The summed E-state index contributed by atoms with van der Waals surface area (Å²) in [6, 6.07) is 8.31. The lowest BCUT2D eigenvalue weighted by molar-refractivity contribution is -0.190. The fourth-order valence-electron chi connectivity index (χ4n) is 5.34. The van der Waals surface area contributed by atoms with Crippen molar-refractivity contribution in [2.24, 2.45) is 5.92 Å². The molecule has 0 bridgehead atoms. The van der Waals surface area contributed by atoms with E-state index in [0.717, 1.165) is 23.0 Å². The van der Waals surface area contributed by atoms with Gasteiger partial charge in [0.15, 0.2) is 8.32 Å². The third-order valence-electron chi connectivity index (χ3n) is 7.41. The maximum Gasteiger partial charge on any atom is 0.471 e. The number of likely N-dealkylation sites (tertiary alicyclic amines) is 1. The lowest BCUT2D eigenvalue weighted by Gasteiger charge is -2.39. The molecule has 2 fully saturated rings. The molecule has 2 amide bonds. The molecule has 11 heteroatoms. The van der Waals surface area contributed by atoms with Gasteiger partial charge in [-0.05, 0) is 23.7 Å². The fraction of sp³-hybridized carbons (Fsp3) is 0.652. The molecule has 2 heterocycles. The zero-order valence-corrected chi connectivity index (χ0v) is 20.8. The van der Waals surface area contributed by atoms with Crippen LogP contribution < -0.4 is 0 Å². The smallest absolute Gasteiger partial charge is 0.465 e. The minimum absolute atomic E-state index is 0.0395. The molecule has 0 aromatic heterocycles. The van der Waals surface area contributed by atoms with Gasteiger partial charge in [-0.15, -0.1) is 0 Å². The van der Waals surface area contributed by atoms with Crippen LogP contribution in [0.25, 0.3) is 0 Å². The van der Waals surface area contributed by atoms with Crippen molar-refractivity contribution in [3.8, 4) is 0 Å². The second-order valence-electron chi connectivity index (χ2n) is 8.99. The maximum absolute atomic E-state index is 13.7. The van der Waals surface area contributed by atoms with Gasteiger partial charge in [0.2, 0.25) is 0 Å². The van der Waals surface area contributed by atoms with Crippen LogP contribution in [0.4, 0.5) is 18.0 Å². The Labute approximate surface area is 198 Å². The summed E-state index contributed by atoms with van der Waals surface area (Å²) >= 11 is 0. The summed E-state index contributed by atoms with van der Waals surface area (Å²) in [5.41, 5.74) is 0.531. The number of alkyl halides is 3. The van der Waals surface area contributed by atoms with E-state index < -0.39 is 50.5 Å². The Hall–Kier alpha value is -2.11. The van der Waals surface area contributed by atoms with Gasteiger partial charge in [0, 0.05) is 12.5 Å². The second kappa shape index (κ2) is 10.7. The van der Waals surface area contributed by atoms with E-state index in [1.807, 2.05) is 20.8 Å². The van der Waals surface area contributed by atoms with E-state index in [-0.39, 0.29) is 26.4 Å². The average Bonchev–Trinajstić information content (AvgIpc) is 3.38. The molecule has 2 aliphatic heterocycles. The first-order chi connectivity index (χ1) is 16.1. The van der Waals surface area contributed by atoms with Crippen LogP contribution >= 0.6 is 0 Å². The number of amides is 2. The molecule has 190 valence electrons. The molecule has 0 aliphatic carbocycles. The van der Waals surface area contributed by atoms with Crippen molar-refractivity contribution in [2.45, 2.75) is 69.8 Å². The highest BCUT2D eigenvalue weighted by molar-refractivity contribution is 6.73. The number of halogens is 3. The number of carboxylic acid groups (broad SMARTS) is 1. The van der Waals surface area contributed by atoms with Gasteiger partial charge >= 0.3 is 18.2 Å². The molecule has 2 saturated heterocycles. The van der Waals surface area contributed by atoms with Crippen molar-refractivity contribution >= 4 is 20.3 Å². The van der Waals surface area contributed by atoms with E-state index in [2.05, 4.69) is 0 Å². The molecule has 34 heavy (non-hydrogen) atoms. The summed E-state index contributed by atoms with van der Waals surface area (Å²) in [6.45, 7) is 5.93. The van der Waals surface area contributed by atoms with E-state index >= 15 is 0 Å². The van der Waals surface area contributed by atoms with Crippen molar-refractivity contribution in [2.75, 3.05) is 19.8 Å². The summed E-state index contributed by atoms with van der Waals surface area (Å²) in [5.74, 6) is -2.55. The van der Waals surface area contributed by atoms with Gasteiger partial charge < -0.3 is 19.2 Å². The van der Waals surface area contributed by atoms with Gasteiger partial charge in [0.25, 0.3) is 0 Å². The van der Waals surface area contributed by atoms with Crippen LogP contribution in [0.5, 0.6) is 0 Å². The Bertz CT molecular complexity index is 844. The Morgan fingerprint density at radius 3 is 2.29 bits per heavy atom. The fourth-order valence-corrected chi connectivity index (χ4v) is 7.98. The van der Waals surface area contributed by atoms with Crippen LogP contribution in [0.15, 0.2) is 30.3 Å². The molecule has 1 N–H and O–H groups in total. The topological polar surface area (TPSA) is 79.3 Å². The molecule has 1 aromatic rings. The summed E-state index contributed by atoms with van der Waals surface area (Å²) in [5, 5.41) is 10.0. The van der Waals surface area contributed by atoms with Gasteiger partial charge in [-0.2, -0.15) is 13.2 Å². The molecule has 3 rings (SSSR count). The van der Waals surface area contributed by atoms with E-state index in [0.29, 0.717) is 5.56 Å². The minimum atomic E-state index is -5.10. The number of benzene rings is 1. The molecule has 0 unspecified atom stereocenters. The number of hydrogen-bond donors (Lipinski definition) is 1. The van der Waals surface area contributed by atoms with Crippen molar-refractivity contribution in [3.05, 3.63) is 35.9 Å². The first-order valence-corrected chi connectivity index (χ1v) is 14.3. The van der Waals surface area contributed by atoms with E-state index in [9.17, 15) is 27.9 Å². The van der Waals surface area contributed by atoms with Crippen LogP contribution in [-0.2, 0) is 20.5 Å². The Kier molecular flexibility index (Phi) is 8.30. The normalized spacial score (nSPS) is 24.8. The number of fused-ring (bicyclic) bond motifs is 1. The first-order valence-electron chi connectivity index (χ1n) is 11.7. The van der Waals surface area contributed by atoms with Gasteiger partial charge in [-0.3, -0.25) is 9.69 Å². The van der Waals surface area contributed by atoms with Crippen LogP contribution in [0.2, 0.25) is 18.1 Å². The minimum Gasteiger partial charge on any atom is -0.465 e. The summed E-state index contributed by atoms with van der Waals surface area (Å²) in [7, 11) is -2.16. The largest absolute Gasteiger partial charge is 0.471 e. The first kappa shape index (κ1) is 26.5. The maximum atomic E-state index is 13.7. The molecule has 0 radical (unpaired) electrons. The monoisotopic (exact) mass is 502 g/mol. The number of hydrogen-bond acceptors (Lipinski definition) is 4. The van der Waals surface area contributed by atoms with Crippen molar-refractivity contribution in [1.29, 1.82) is 0 Å². The van der Waals surface area contributed by atoms with Gasteiger partial charge in [-0.1, -0.05) is 51.1 Å². The lowest BCUT2D eigenvalue weighted by Crippen LogP contribution is -2.56.